The van der Waals surface area contributed by atoms with Gasteiger partial charge in [-0.25, -0.2) is 24.3 Å². The third-order valence-electron chi connectivity index (χ3n) is 6.81. The predicted molar refractivity (Wildman–Crippen MR) is 158 cm³/mol. The molecule has 204 valence electrons. The molecule has 0 aliphatic carbocycles. The van der Waals surface area contributed by atoms with E-state index in [1.54, 1.807) is 12.1 Å². The highest BCUT2D eigenvalue weighted by Crippen LogP contribution is 2.37. The Kier molecular flexibility index (Phi) is 7.93. The number of aryl methyl sites for hydroxylation is 1. The van der Waals surface area contributed by atoms with Crippen LogP contribution in [0.2, 0.25) is 0 Å². The van der Waals surface area contributed by atoms with Gasteiger partial charge in [-0.15, -0.1) is 12.4 Å². The van der Waals surface area contributed by atoms with Gasteiger partial charge in [-0.05, 0) is 42.8 Å². The van der Waals surface area contributed by atoms with Crippen LogP contribution in [0.1, 0.15) is 17.5 Å². The van der Waals surface area contributed by atoms with E-state index in [2.05, 4.69) is 33.2 Å². The molecule has 0 bridgehead atoms. The van der Waals surface area contributed by atoms with Gasteiger partial charge in [0, 0.05) is 68.5 Å². The number of benzene rings is 1. The summed E-state index contributed by atoms with van der Waals surface area (Å²) in [5.41, 5.74) is 4.84. The molecule has 1 fully saturated rings. The van der Waals surface area contributed by atoms with Gasteiger partial charge in [0.2, 0.25) is 5.95 Å². The molecule has 0 amide bonds. The van der Waals surface area contributed by atoms with Crippen LogP contribution in [0, 0.1) is 17.1 Å². The molecule has 5 heterocycles. The number of imidazole rings is 1. The Morgan fingerprint density at radius 2 is 1.73 bits per heavy atom. The molecule has 0 unspecified atom stereocenters. The van der Waals surface area contributed by atoms with Crippen molar-refractivity contribution in [3.05, 3.63) is 71.4 Å². The van der Waals surface area contributed by atoms with Crippen molar-refractivity contribution in [2.75, 3.05) is 43.0 Å². The standard InChI is InChI=1S/C28H26FN9S.ClH/c1-3-22-26(36(2)28-35-25(23(14-30)39-28)18-4-7-21(29)8-5-18)38-17-19(6-9-24(38)34-22)20-15-32-27(33-16-20)37-12-10-31-11-13-37;/h4-9,15-17,31H,3,10-13H2,1-2H3;1H. The Labute approximate surface area is 241 Å². The number of fused-ring (bicyclic) bond motifs is 1. The Balaban J connectivity index is 0.00000323. The zero-order valence-electron chi connectivity index (χ0n) is 22.0. The van der Waals surface area contributed by atoms with Crippen molar-refractivity contribution in [2.24, 2.45) is 0 Å². The molecule has 6 rings (SSSR count). The third-order valence-corrected chi connectivity index (χ3v) is 7.85. The topological polar surface area (TPSA) is 98.3 Å². The van der Waals surface area contributed by atoms with E-state index in [4.69, 9.17) is 9.97 Å². The van der Waals surface area contributed by atoms with Gasteiger partial charge < -0.3 is 15.1 Å². The minimum atomic E-state index is -0.331. The summed E-state index contributed by atoms with van der Waals surface area (Å²) in [7, 11) is 1.93. The highest BCUT2D eigenvalue weighted by molar-refractivity contribution is 7.16. The van der Waals surface area contributed by atoms with Gasteiger partial charge in [-0.2, -0.15) is 5.26 Å². The number of piperazine rings is 1. The van der Waals surface area contributed by atoms with Crippen LogP contribution in [-0.2, 0) is 6.42 Å². The molecular weight excluding hydrogens is 549 g/mol. The quantitative estimate of drug-likeness (QED) is 0.299. The fraction of sp³-hybridized carbons (Fsp3) is 0.250. The largest absolute Gasteiger partial charge is 0.338 e. The number of nitriles is 1. The second kappa shape index (κ2) is 11.6. The first-order valence-electron chi connectivity index (χ1n) is 12.8. The number of hydrogen-bond donors (Lipinski definition) is 1. The number of nitrogens with one attached hydrogen (secondary N) is 1. The van der Waals surface area contributed by atoms with Crippen LogP contribution < -0.4 is 15.1 Å². The van der Waals surface area contributed by atoms with Crippen molar-refractivity contribution in [3.63, 3.8) is 0 Å². The summed E-state index contributed by atoms with van der Waals surface area (Å²) >= 11 is 1.30. The smallest absolute Gasteiger partial charge is 0.225 e. The molecule has 0 radical (unpaired) electrons. The van der Waals surface area contributed by atoms with Gasteiger partial charge in [0.25, 0.3) is 0 Å². The molecule has 5 aromatic rings. The molecule has 9 nitrogen and oxygen atoms in total. The average Bonchev–Trinajstić information content (AvgIpc) is 3.59. The summed E-state index contributed by atoms with van der Waals surface area (Å²) < 4.78 is 15.5. The normalized spacial score (nSPS) is 13.2. The van der Waals surface area contributed by atoms with Crippen molar-refractivity contribution in [1.29, 1.82) is 5.26 Å². The number of hydrogen-bond acceptors (Lipinski definition) is 9. The predicted octanol–water partition coefficient (Wildman–Crippen LogP) is 5.09. The van der Waals surface area contributed by atoms with Crippen LogP contribution in [0.5, 0.6) is 0 Å². The van der Waals surface area contributed by atoms with Crippen molar-refractivity contribution in [2.45, 2.75) is 13.3 Å². The Morgan fingerprint density at radius 1 is 1.02 bits per heavy atom. The van der Waals surface area contributed by atoms with Crippen LogP contribution in [0.3, 0.4) is 0 Å². The van der Waals surface area contributed by atoms with Gasteiger partial charge >= 0.3 is 0 Å². The second-order valence-corrected chi connectivity index (χ2v) is 10.2. The average molecular weight is 576 g/mol. The summed E-state index contributed by atoms with van der Waals surface area (Å²) in [4.78, 5) is 23.5. The van der Waals surface area contributed by atoms with E-state index in [9.17, 15) is 9.65 Å². The third kappa shape index (κ3) is 5.09. The lowest BCUT2D eigenvalue weighted by molar-refractivity contribution is 0.580. The molecule has 1 aromatic carbocycles. The van der Waals surface area contributed by atoms with E-state index in [0.29, 0.717) is 21.3 Å². The lowest BCUT2D eigenvalue weighted by Crippen LogP contribution is -2.44. The van der Waals surface area contributed by atoms with Gasteiger partial charge in [-0.3, -0.25) is 4.40 Å². The summed E-state index contributed by atoms with van der Waals surface area (Å²) in [5.74, 6) is 1.28. The molecular formula is C28H27ClFN9S. The Bertz CT molecular complexity index is 1670. The first-order valence-corrected chi connectivity index (χ1v) is 13.6. The molecule has 1 aliphatic heterocycles. The maximum atomic E-state index is 13.5. The van der Waals surface area contributed by atoms with Crippen LogP contribution in [0.15, 0.2) is 55.0 Å². The van der Waals surface area contributed by atoms with E-state index in [1.807, 2.05) is 47.1 Å². The van der Waals surface area contributed by atoms with Crippen molar-refractivity contribution < 1.29 is 4.39 Å². The number of aromatic nitrogens is 5. The highest BCUT2D eigenvalue weighted by Gasteiger charge is 2.22. The SMILES string of the molecule is CCc1nc2ccc(-c3cnc(N4CCNCC4)nc3)cn2c1N(C)c1nc(-c2ccc(F)cc2)c(C#N)s1.Cl. The van der Waals surface area contributed by atoms with Crippen LogP contribution >= 0.6 is 23.7 Å². The zero-order chi connectivity index (χ0) is 26.9. The summed E-state index contributed by atoms with van der Waals surface area (Å²) in [6.07, 6.45) is 6.49. The van der Waals surface area contributed by atoms with Gasteiger partial charge in [0.15, 0.2) is 5.13 Å². The summed E-state index contributed by atoms with van der Waals surface area (Å²) in [6.45, 7) is 5.71. The van der Waals surface area contributed by atoms with Crippen LogP contribution in [-0.4, -0.2) is 57.6 Å². The molecule has 12 heteroatoms. The molecule has 0 spiro atoms. The molecule has 0 atom stereocenters. The number of pyridine rings is 1. The minimum absolute atomic E-state index is 0. The van der Waals surface area contributed by atoms with E-state index < -0.39 is 0 Å². The fourth-order valence-corrected chi connectivity index (χ4v) is 5.61. The van der Waals surface area contributed by atoms with Crippen molar-refractivity contribution in [1.82, 2.24) is 29.7 Å². The van der Waals surface area contributed by atoms with E-state index >= 15 is 0 Å². The maximum absolute atomic E-state index is 13.5. The van der Waals surface area contributed by atoms with Gasteiger partial charge in [0.1, 0.15) is 33.9 Å². The Morgan fingerprint density at radius 3 is 2.40 bits per heavy atom. The number of anilines is 3. The van der Waals surface area contributed by atoms with E-state index in [-0.39, 0.29) is 18.2 Å². The van der Waals surface area contributed by atoms with Gasteiger partial charge in [-0.1, -0.05) is 18.3 Å². The fourth-order valence-electron chi connectivity index (χ4n) is 4.76. The molecule has 4 aromatic heterocycles. The zero-order valence-corrected chi connectivity index (χ0v) is 23.6. The maximum Gasteiger partial charge on any atom is 0.225 e. The van der Waals surface area contributed by atoms with Gasteiger partial charge in [0.05, 0.1) is 5.69 Å². The van der Waals surface area contributed by atoms with Crippen molar-refractivity contribution in [3.8, 4) is 28.5 Å². The lowest BCUT2D eigenvalue weighted by atomic mass is 10.1. The summed E-state index contributed by atoms with van der Waals surface area (Å²) in [6, 6.07) is 12.3. The first kappa shape index (κ1) is 27.5. The molecule has 0 saturated carbocycles. The summed E-state index contributed by atoms with van der Waals surface area (Å²) in [5, 5.41) is 13.8. The highest BCUT2D eigenvalue weighted by atomic mass is 35.5. The lowest BCUT2D eigenvalue weighted by Gasteiger charge is -2.27. The molecule has 1 aliphatic rings. The molecule has 1 N–H and O–H groups in total. The Hall–Kier alpha value is -4.11. The van der Waals surface area contributed by atoms with E-state index in [0.717, 1.165) is 66.8 Å². The number of thiazole rings is 1. The van der Waals surface area contributed by atoms with Crippen LogP contribution in [0.25, 0.3) is 28.0 Å². The second-order valence-electron chi connectivity index (χ2n) is 9.24. The minimum Gasteiger partial charge on any atom is -0.338 e. The monoisotopic (exact) mass is 575 g/mol. The molecule has 40 heavy (non-hydrogen) atoms. The first-order chi connectivity index (χ1) is 19.1. The number of halogens is 2. The van der Waals surface area contributed by atoms with Crippen molar-refractivity contribution >= 4 is 46.3 Å². The number of nitrogens with zero attached hydrogens (tertiary/aromatic N) is 8. The number of rotatable bonds is 6. The molecule has 1 saturated heterocycles. The van der Waals surface area contributed by atoms with E-state index in [1.165, 1.54) is 23.5 Å². The van der Waals surface area contributed by atoms with Crippen LogP contribution in [0.4, 0.5) is 21.3 Å².